The van der Waals surface area contributed by atoms with E-state index in [0.717, 1.165) is 73.7 Å². The number of hydrogen-bond acceptors (Lipinski definition) is 10. The second kappa shape index (κ2) is 9.80. The van der Waals surface area contributed by atoms with E-state index in [9.17, 15) is 4.79 Å². The fourth-order valence-electron chi connectivity index (χ4n) is 4.10. The average Bonchev–Trinajstić information content (AvgIpc) is 3.26. The lowest BCUT2D eigenvalue weighted by Crippen LogP contribution is -2.42. The maximum atomic E-state index is 11.2. The van der Waals surface area contributed by atoms with Gasteiger partial charge in [-0.1, -0.05) is 11.9 Å². The Balaban J connectivity index is 1.50. The molecule has 0 spiro atoms. The van der Waals surface area contributed by atoms with Gasteiger partial charge in [0.2, 0.25) is 0 Å². The van der Waals surface area contributed by atoms with Crippen LogP contribution in [0.4, 0.5) is 5.82 Å². The van der Waals surface area contributed by atoms with Crippen molar-refractivity contribution in [3.63, 3.8) is 0 Å². The average molecular weight is 471 g/mol. The number of fused-ring (bicyclic) bond motifs is 1. The fourth-order valence-corrected chi connectivity index (χ4v) is 5.78. The van der Waals surface area contributed by atoms with Crippen LogP contribution >= 0.6 is 23.3 Å². The monoisotopic (exact) mass is 470 g/mol. The van der Waals surface area contributed by atoms with Crippen molar-refractivity contribution in [2.75, 3.05) is 63.6 Å². The molecular weight excluding hydrogens is 444 g/mol. The van der Waals surface area contributed by atoms with Gasteiger partial charge in [0.1, 0.15) is 0 Å². The van der Waals surface area contributed by atoms with Crippen molar-refractivity contribution in [2.24, 2.45) is 0 Å². The van der Waals surface area contributed by atoms with Crippen LogP contribution in [0.1, 0.15) is 15.2 Å². The molecule has 0 radical (unpaired) electrons. The lowest BCUT2D eigenvalue weighted by Gasteiger charge is -2.32. The number of ether oxygens (including phenoxy) is 1. The van der Waals surface area contributed by atoms with Gasteiger partial charge in [0, 0.05) is 74.2 Å². The van der Waals surface area contributed by atoms with Crippen LogP contribution in [0.3, 0.4) is 0 Å². The summed E-state index contributed by atoms with van der Waals surface area (Å²) in [5.41, 5.74) is 2.23. The van der Waals surface area contributed by atoms with Gasteiger partial charge in [-0.25, -0.2) is 14.3 Å². The molecule has 2 aliphatic heterocycles. The van der Waals surface area contributed by atoms with Gasteiger partial charge in [0.25, 0.3) is 0 Å². The zero-order valence-electron chi connectivity index (χ0n) is 18.1. The first-order chi connectivity index (χ1) is 15.7. The summed E-state index contributed by atoms with van der Waals surface area (Å²) in [6.45, 7) is 8.28. The van der Waals surface area contributed by atoms with Gasteiger partial charge >= 0.3 is 0 Å². The number of piperazine rings is 1. The third-order valence-electron chi connectivity index (χ3n) is 5.84. The zero-order valence-corrected chi connectivity index (χ0v) is 19.7. The van der Waals surface area contributed by atoms with Crippen LogP contribution in [0.2, 0.25) is 0 Å². The number of aromatic nitrogens is 3. The molecule has 2 aliphatic rings. The highest BCUT2D eigenvalue weighted by Crippen LogP contribution is 2.35. The molecule has 8 nitrogen and oxygen atoms in total. The first-order valence-corrected chi connectivity index (χ1v) is 12.8. The van der Waals surface area contributed by atoms with Crippen LogP contribution in [0, 0.1) is 0 Å². The molecule has 2 saturated heterocycles. The Labute approximate surface area is 195 Å². The molecule has 168 valence electrons. The van der Waals surface area contributed by atoms with E-state index in [4.69, 9.17) is 14.7 Å². The summed E-state index contributed by atoms with van der Waals surface area (Å²) in [6.07, 6.45) is 6.22. The van der Waals surface area contributed by atoms with Gasteiger partial charge in [-0.05, 0) is 18.4 Å². The highest BCUT2D eigenvalue weighted by Gasteiger charge is 2.22. The molecule has 0 aromatic carbocycles. The van der Waals surface area contributed by atoms with Crippen LogP contribution in [0.15, 0.2) is 24.5 Å². The Hall–Kier alpha value is -2.11. The number of hydrogen-bond donors (Lipinski definition) is 0. The minimum atomic E-state index is 0.523. The molecule has 3 aromatic rings. The molecule has 0 atom stereocenters. The number of nitrogens with zero attached hydrogens (tertiary/aromatic N) is 6. The summed E-state index contributed by atoms with van der Waals surface area (Å²) < 4.78 is 9.09. The van der Waals surface area contributed by atoms with E-state index in [0.29, 0.717) is 24.6 Å². The summed E-state index contributed by atoms with van der Waals surface area (Å²) >= 11 is 3.62. The molecule has 0 N–H and O–H groups in total. The predicted octanol–water partition coefficient (Wildman–Crippen LogP) is 2.80. The summed E-state index contributed by atoms with van der Waals surface area (Å²) in [7, 11) is 0. The third kappa shape index (κ3) is 4.65. The van der Waals surface area contributed by atoms with Crippen LogP contribution < -0.4 is 4.90 Å². The van der Waals surface area contributed by atoms with Crippen molar-refractivity contribution in [1.82, 2.24) is 24.2 Å². The van der Waals surface area contributed by atoms with E-state index in [-0.39, 0.29) is 0 Å². The lowest BCUT2D eigenvalue weighted by atomic mass is 10.2. The molecule has 0 bridgehead atoms. The molecule has 5 heterocycles. The van der Waals surface area contributed by atoms with Crippen molar-refractivity contribution < 1.29 is 9.53 Å². The quantitative estimate of drug-likeness (QED) is 0.399. The highest BCUT2D eigenvalue weighted by atomic mass is 32.2. The summed E-state index contributed by atoms with van der Waals surface area (Å²) in [5, 5.41) is 0. The number of rotatable bonds is 6. The topological polar surface area (TPSA) is 74.7 Å². The summed E-state index contributed by atoms with van der Waals surface area (Å²) in [6, 6.07) is 4.00. The van der Waals surface area contributed by atoms with Crippen molar-refractivity contribution >= 4 is 45.6 Å². The van der Waals surface area contributed by atoms with Gasteiger partial charge in [-0.2, -0.15) is 0 Å². The standard InChI is InChI=1S/C22H26N6O2S2/c1-31-28-4-2-26(3-5-28)14-18-11-19-20(32-18)22(27-6-8-30-9-7-27)25-21(24-19)17-10-16(15-29)12-23-13-17/h10-13,15H,2-9,14H2,1H3. The van der Waals surface area contributed by atoms with E-state index in [1.165, 1.54) is 4.88 Å². The normalized spacial score (nSPS) is 18.3. The molecule has 32 heavy (non-hydrogen) atoms. The Morgan fingerprint density at radius 1 is 1.09 bits per heavy atom. The minimum absolute atomic E-state index is 0.523. The third-order valence-corrected chi connectivity index (χ3v) is 7.82. The molecule has 0 amide bonds. The Morgan fingerprint density at radius 2 is 1.91 bits per heavy atom. The summed E-state index contributed by atoms with van der Waals surface area (Å²) in [5.74, 6) is 1.56. The van der Waals surface area contributed by atoms with Crippen LogP contribution in [0.5, 0.6) is 0 Å². The summed E-state index contributed by atoms with van der Waals surface area (Å²) in [4.78, 5) is 31.3. The largest absolute Gasteiger partial charge is 0.378 e. The molecule has 3 aromatic heterocycles. The van der Waals surface area contributed by atoms with Gasteiger partial charge in [-0.15, -0.1) is 11.3 Å². The maximum absolute atomic E-state index is 11.2. The lowest BCUT2D eigenvalue weighted by molar-refractivity contribution is 0.112. The number of carbonyl (C=O) groups is 1. The second-order valence-corrected chi connectivity index (χ2v) is 9.93. The van der Waals surface area contributed by atoms with Crippen molar-refractivity contribution in [2.45, 2.75) is 6.54 Å². The van der Waals surface area contributed by atoms with Crippen molar-refractivity contribution in [3.05, 3.63) is 35.0 Å². The molecule has 10 heteroatoms. The van der Waals surface area contributed by atoms with Gasteiger partial charge in [0.05, 0.1) is 23.4 Å². The number of thiophene rings is 1. The Bertz CT molecular complexity index is 1090. The van der Waals surface area contributed by atoms with Gasteiger partial charge in [-0.3, -0.25) is 14.7 Å². The molecule has 0 aliphatic carbocycles. The van der Waals surface area contributed by atoms with E-state index < -0.39 is 0 Å². The molecule has 0 unspecified atom stereocenters. The number of morpholine rings is 1. The predicted molar refractivity (Wildman–Crippen MR) is 129 cm³/mol. The molecule has 2 fully saturated rings. The number of carbonyl (C=O) groups excluding carboxylic acids is 1. The van der Waals surface area contributed by atoms with E-state index in [1.54, 1.807) is 29.8 Å². The van der Waals surface area contributed by atoms with Crippen molar-refractivity contribution in [1.29, 1.82) is 0 Å². The second-order valence-electron chi connectivity index (χ2n) is 7.91. The number of anilines is 1. The maximum Gasteiger partial charge on any atom is 0.163 e. The van der Waals surface area contributed by atoms with Gasteiger partial charge in [0.15, 0.2) is 17.9 Å². The minimum Gasteiger partial charge on any atom is -0.378 e. The Kier molecular flexibility index (Phi) is 6.65. The van der Waals surface area contributed by atoms with Crippen LogP contribution in [-0.2, 0) is 11.3 Å². The SMILES string of the molecule is CSN1CCN(Cc2cc3nc(-c4cncc(C=O)c4)nc(N4CCOCC4)c3s2)CC1. The van der Waals surface area contributed by atoms with Crippen LogP contribution in [0.25, 0.3) is 21.6 Å². The van der Waals surface area contributed by atoms with Crippen LogP contribution in [-0.4, -0.2) is 89.2 Å². The Morgan fingerprint density at radius 3 is 2.66 bits per heavy atom. The first kappa shape index (κ1) is 21.7. The smallest absolute Gasteiger partial charge is 0.163 e. The van der Waals surface area contributed by atoms with E-state index >= 15 is 0 Å². The molecular formula is C22H26N6O2S2. The number of pyridine rings is 1. The molecule has 0 saturated carbocycles. The highest BCUT2D eigenvalue weighted by molar-refractivity contribution is 7.96. The van der Waals surface area contributed by atoms with E-state index in [1.807, 2.05) is 11.9 Å². The molecule has 5 rings (SSSR count). The zero-order chi connectivity index (χ0) is 21.9. The van der Waals surface area contributed by atoms with Gasteiger partial charge < -0.3 is 9.64 Å². The van der Waals surface area contributed by atoms with E-state index in [2.05, 4.69) is 31.4 Å². The number of aldehydes is 1. The fraction of sp³-hybridized carbons (Fsp3) is 0.455. The van der Waals surface area contributed by atoms with Crippen molar-refractivity contribution in [3.8, 4) is 11.4 Å². The first-order valence-electron chi connectivity index (χ1n) is 10.8.